The lowest BCUT2D eigenvalue weighted by molar-refractivity contribution is 0.379. The predicted molar refractivity (Wildman–Crippen MR) is 114 cm³/mol. The van der Waals surface area contributed by atoms with Gasteiger partial charge in [0.25, 0.3) is 5.89 Å². The first-order valence-corrected chi connectivity index (χ1v) is 11.6. The fourth-order valence-electron chi connectivity index (χ4n) is 4.05. The molecule has 32 heavy (non-hydrogen) atoms. The second kappa shape index (κ2) is 7.38. The van der Waals surface area contributed by atoms with E-state index in [1.54, 1.807) is 18.5 Å². The molecule has 11 heteroatoms. The van der Waals surface area contributed by atoms with Crippen LogP contribution in [0.2, 0.25) is 0 Å². The second-order valence-corrected chi connectivity index (χ2v) is 9.79. The minimum absolute atomic E-state index is 0.117. The van der Waals surface area contributed by atoms with Crippen LogP contribution in [0.5, 0.6) is 0 Å². The summed E-state index contributed by atoms with van der Waals surface area (Å²) in [6, 6.07) is 7.77. The molecule has 1 aliphatic rings. The summed E-state index contributed by atoms with van der Waals surface area (Å²) in [6.07, 6.45) is 0.514. The summed E-state index contributed by atoms with van der Waals surface area (Å²) in [5.74, 6) is 0.920. The highest BCUT2D eigenvalue weighted by molar-refractivity contribution is 7.89. The van der Waals surface area contributed by atoms with E-state index in [0.29, 0.717) is 30.2 Å². The first-order valence-electron chi connectivity index (χ1n) is 10.1. The highest BCUT2D eigenvalue weighted by Gasteiger charge is 2.36. The van der Waals surface area contributed by atoms with Crippen LogP contribution in [-0.2, 0) is 30.0 Å². The van der Waals surface area contributed by atoms with Gasteiger partial charge in [-0.3, -0.25) is 4.68 Å². The van der Waals surface area contributed by atoms with Crippen molar-refractivity contribution in [2.45, 2.75) is 38.6 Å². The summed E-state index contributed by atoms with van der Waals surface area (Å²) in [5, 5.41) is 16.7. The first kappa shape index (κ1) is 20.6. The van der Waals surface area contributed by atoms with E-state index in [-0.39, 0.29) is 23.1 Å². The van der Waals surface area contributed by atoms with Crippen molar-refractivity contribution in [3.8, 4) is 23.0 Å². The third-order valence-corrected chi connectivity index (χ3v) is 7.79. The Morgan fingerprint density at radius 1 is 1.03 bits per heavy atom. The van der Waals surface area contributed by atoms with Crippen LogP contribution in [-0.4, -0.2) is 44.4 Å². The number of aromatic nitrogens is 5. The number of benzene rings is 1. The van der Waals surface area contributed by atoms with Crippen LogP contribution in [0.4, 0.5) is 0 Å². The molecule has 0 unspecified atom stereocenters. The Kier molecular flexibility index (Phi) is 4.75. The molecule has 0 atom stereocenters. The van der Waals surface area contributed by atoms with E-state index in [0.717, 1.165) is 22.4 Å². The first-order chi connectivity index (χ1) is 15.3. The third-order valence-electron chi connectivity index (χ3n) is 5.70. The number of nitrogens with zero attached hydrogens (tertiary/aromatic N) is 6. The van der Waals surface area contributed by atoms with Gasteiger partial charge in [-0.15, -0.1) is 10.2 Å². The van der Waals surface area contributed by atoms with E-state index in [2.05, 4.69) is 20.5 Å². The van der Waals surface area contributed by atoms with Crippen LogP contribution < -0.4 is 0 Å². The molecule has 1 aromatic carbocycles. The Labute approximate surface area is 184 Å². The van der Waals surface area contributed by atoms with Crippen molar-refractivity contribution in [3.63, 3.8) is 0 Å². The molecule has 0 N–H and O–H groups in total. The van der Waals surface area contributed by atoms with Gasteiger partial charge in [-0.2, -0.15) is 9.40 Å². The van der Waals surface area contributed by atoms with Crippen LogP contribution in [0.1, 0.15) is 28.3 Å². The van der Waals surface area contributed by atoms with E-state index in [1.165, 1.54) is 4.31 Å². The molecular formula is C21H22N6O4S. The zero-order chi connectivity index (χ0) is 22.6. The van der Waals surface area contributed by atoms with Crippen LogP contribution in [0.15, 0.2) is 38.1 Å². The molecule has 0 radical (unpaired) electrons. The van der Waals surface area contributed by atoms with Gasteiger partial charge in [0.15, 0.2) is 11.5 Å². The predicted octanol–water partition coefficient (Wildman–Crippen LogP) is 2.80. The lowest BCUT2D eigenvalue weighted by Gasteiger charge is -2.26. The number of rotatable bonds is 4. The Morgan fingerprint density at radius 3 is 2.44 bits per heavy atom. The van der Waals surface area contributed by atoms with Crippen molar-refractivity contribution in [3.05, 3.63) is 52.5 Å². The van der Waals surface area contributed by atoms with Crippen molar-refractivity contribution in [2.24, 2.45) is 7.05 Å². The summed E-state index contributed by atoms with van der Waals surface area (Å²) in [6.45, 7) is 5.71. The van der Waals surface area contributed by atoms with Crippen LogP contribution in [0.3, 0.4) is 0 Å². The molecule has 0 aliphatic carbocycles. The molecule has 166 valence electrons. The van der Waals surface area contributed by atoms with Gasteiger partial charge in [0.2, 0.25) is 15.9 Å². The molecule has 10 nitrogen and oxygen atoms in total. The molecular weight excluding hydrogens is 432 g/mol. The van der Waals surface area contributed by atoms with Gasteiger partial charge in [0, 0.05) is 43.4 Å². The summed E-state index contributed by atoms with van der Waals surface area (Å²) >= 11 is 0. The largest absolute Gasteiger partial charge is 0.415 e. The monoisotopic (exact) mass is 454 g/mol. The number of hydrogen-bond donors (Lipinski definition) is 0. The zero-order valence-corrected chi connectivity index (χ0v) is 19.0. The van der Waals surface area contributed by atoms with Gasteiger partial charge in [-0.25, -0.2) is 8.42 Å². The SMILES string of the molecule is Cc1ccc(-c2nnc(-c3nn(C)c4c3CN(S(=O)(=O)c3c(C)noc3C)CC4)o2)cc1. The minimum Gasteiger partial charge on any atom is -0.415 e. The highest BCUT2D eigenvalue weighted by atomic mass is 32.2. The van der Waals surface area contributed by atoms with Gasteiger partial charge in [0.1, 0.15) is 10.6 Å². The van der Waals surface area contributed by atoms with Gasteiger partial charge in [-0.1, -0.05) is 22.9 Å². The molecule has 0 amide bonds. The summed E-state index contributed by atoms with van der Waals surface area (Å²) in [5.41, 5.74) is 4.48. The summed E-state index contributed by atoms with van der Waals surface area (Å²) < 4.78 is 40.8. The maximum absolute atomic E-state index is 13.3. The zero-order valence-electron chi connectivity index (χ0n) is 18.2. The smallest absolute Gasteiger partial charge is 0.268 e. The van der Waals surface area contributed by atoms with E-state index < -0.39 is 10.0 Å². The van der Waals surface area contributed by atoms with Crippen LogP contribution >= 0.6 is 0 Å². The number of aryl methyl sites for hydroxylation is 4. The fraction of sp³-hybridized carbons (Fsp3) is 0.333. The van der Waals surface area contributed by atoms with Crippen molar-refractivity contribution < 1.29 is 17.4 Å². The third kappa shape index (κ3) is 3.24. The molecule has 4 aromatic rings. The summed E-state index contributed by atoms with van der Waals surface area (Å²) in [7, 11) is -1.95. The normalized spacial score (nSPS) is 14.6. The average molecular weight is 455 g/mol. The molecule has 0 saturated carbocycles. The van der Waals surface area contributed by atoms with Gasteiger partial charge < -0.3 is 8.94 Å². The van der Waals surface area contributed by atoms with Crippen molar-refractivity contribution >= 4 is 10.0 Å². The quantitative estimate of drug-likeness (QED) is 0.462. The number of hydrogen-bond acceptors (Lipinski definition) is 8. The lowest BCUT2D eigenvalue weighted by atomic mass is 10.1. The van der Waals surface area contributed by atoms with E-state index in [9.17, 15) is 8.42 Å². The molecule has 0 fully saturated rings. The molecule has 0 saturated heterocycles. The van der Waals surface area contributed by atoms with Gasteiger partial charge >= 0.3 is 0 Å². The van der Waals surface area contributed by atoms with Gasteiger partial charge in [0.05, 0.1) is 0 Å². The molecule has 0 spiro atoms. The Hall–Kier alpha value is -3.31. The molecule has 1 aliphatic heterocycles. The van der Waals surface area contributed by atoms with E-state index >= 15 is 0 Å². The number of fused-ring (bicyclic) bond motifs is 1. The topological polar surface area (TPSA) is 120 Å². The van der Waals surface area contributed by atoms with E-state index in [1.807, 2.05) is 38.2 Å². The molecule has 5 rings (SSSR count). The lowest BCUT2D eigenvalue weighted by Crippen LogP contribution is -2.36. The summed E-state index contributed by atoms with van der Waals surface area (Å²) in [4.78, 5) is 0.117. The standard InChI is InChI=1S/C21H22N6O4S/c1-12-5-7-15(8-6-12)20-22-23-21(30-20)18-16-11-27(10-9-17(16)26(4)24-18)32(28,29)19-13(2)25-31-14(19)3/h5-8H,9-11H2,1-4H3. The molecule has 0 bridgehead atoms. The van der Waals surface area contributed by atoms with Crippen LogP contribution in [0.25, 0.3) is 23.0 Å². The Bertz CT molecular complexity index is 1400. The van der Waals surface area contributed by atoms with Gasteiger partial charge in [-0.05, 0) is 32.9 Å². The average Bonchev–Trinajstić information content (AvgIpc) is 3.46. The fourth-order valence-corrected chi connectivity index (χ4v) is 5.75. The minimum atomic E-state index is -3.78. The highest BCUT2D eigenvalue weighted by Crippen LogP contribution is 2.34. The maximum atomic E-state index is 13.3. The number of sulfonamides is 1. The van der Waals surface area contributed by atoms with Crippen molar-refractivity contribution in [2.75, 3.05) is 6.54 Å². The van der Waals surface area contributed by atoms with Crippen molar-refractivity contribution in [1.82, 2.24) is 29.4 Å². The Balaban J connectivity index is 1.51. The maximum Gasteiger partial charge on any atom is 0.268 e. The van der Waals surface area contributed by atoms with Crippen molar-refractivity contribution in [1.29, 1.82) is 0 Å². The molecule has 3 aromatic heterocycles. The van der Waals surface area contributed by atoms with Crippen LogP contribution in [0, 0.1) is 20.8 Å². The Morgan fingerprint density at radius 2 is 1.75 bits per heavy atom. The molecule has 4 heterocycles. The second-order valence-electron chi connectivity index (χ2n) is 7.92. The van der Waals surface area contributed by atoms with E-state index in [4.69, 9.17) is 8.94 Å².